The van der Waals surface area contributed by atoms with Gasteiger partial charge in [0.1, 0.15) is 28.7 Å². The Labute approximate surface area is 166 Å². The molecule has 2 aromatic heterocycles. The van der Waals surface area contributed by atoms with E-state index in [1.807, 2.05) is 10.9 Å². The highest BCUT2D eigenvalue weighted by molar-refractivity contribution is 5.71. The van der Waals surface area contributed by atoms with Crippen LogP contribution in [-0.4, -0.2) is 39.4 Å². The fraction of sp³-hybridized carbons (Fsp3) is 0.476. The molecule has 0 N–H and O–H groups in total. The maximum absolute atomic E-state index is 13.3. The average Bonchev–Trinajstić information content (AvgIpc) is 2.99. The van der Waals surface area contributed by atoms with Crippen molar-refractivity contribution in [3.63, 3.8) is 0 Å². The fourth-order valence-electron chi connectivity index (χ4n) is 4.75. The summed E-state index contributed by atoms with van der Waals surface area (Å²) in [6, 6.07) is 3.76. The fourth-order valence-corrected chi connectivity index (χ4v) is 4.75. The molecule has 1 aliphatic heterocycles. The Bertz CT molecular complexity index is 1050. The summed E-state index contributed by atoms with van der Waals surface area (Å²) in [5.41, 5.74) is 1.72. The Hall–Kier alpha value is -2.77. The Balaban J connectivity index is 1.11. The highest BCUT2D eigenvalue weighted by Gasteiger charge is 2.56. The number of aromatic nitrogens is 4. The molecular formula is C21H21F2N5O. The predicted octanol–water partition coefficient (Wildman–Crippen LogP) is 3.59. The van der Waals surface area contributed by atoms with Gasteiger partial charge in [-0.2, -0.15) is 5.10 Å². The average molecular weight is 397 g/mol. The van der Waals surface area contributed by atoms with Gasteiger partial charge < -0.3 is 9.64 Å². The van der Waals surface area contributed by atoms with E-state index in [1.165, 1.54) is 18.6 Å². The van der Waals surface area contributed by atoms with Crippen LogP contribution in [0.2, 0.25) is 0 Å². The number of fused-ring (bicyclic) bond motifs is 2. The van der Waals surface area contributed by atoms with Gasteiger partial charge in [0, 0.05) is 37.2 Å². The molecule has 0 radical (unpaired) electrons. The Morgan fingerprint density at radius 2 is 1.79 bits per heavy atom. The molecule has 0 bridgehead atoms. The molecule has 3 aliphatic rings. The summed E-state index contributed by atoms with van der Waals surface area (Å²) < 4.78 is 34.2. The van der Waals surface area contributed by atoms with Crippen LogP contribution < -0.4 is 9.64 Å². The van der Waals surface area contributed by atoms with Crippen molar-refractivity contribution in [3.8, 4) is 5.75 Å². The summed E-state index contributed by atoms with van der Waals surface area (Å²) in [5, 5.41) is 4.49. The number of piperidine rings is 1. The van der Waals surface area contributed by atoms with Crippen molar-refractivity contribution in [3.05, 3.63) is 42.2 Å². The van der Waals surface area contributed by atoms with E-state index in [0.717, 1.165) is 49.0 Å². The van der Waals surface area contributed by atoms with Crippen LogP contribution in [0.4, 0.5) is 14.6 Å². The zero-order chi connectivity index (χ0) is 19.5. The number of benzene rings is 1. The van der Waals surface area contributed by atoms with Gasteiger partial charge in [0.25, 0.3) is 0 Å². The minimum absolute atomic E-state index is 0.255. The Morgan fingerprint density at radius 1 is 1.03 bits per heavy atom. The first kappa shape index (κ1) is 17.1. The zero-order valence-corrected chi connectivity index (χ0v) is 15.8. The molecule has 2 saturated carbocycles. The normalized spacial score (nSPS) is 25.9. The largest absolute Gasteiger partial charge is 0.493 e. The third-order valence-corrected chi connectivity index (χ3v) is 6.68. The smallest absolute Gasteiger partial charge is 0.179 e. The molecule has 150 valence electrons. The molecule has 1 aromatic carbocycles. The summed E-state index contributed by atoms with van der Waals surface area (Å²) >= 11 is 0. The molecule has 6 rings (SSSR count). The lowest BCUT2D eigenvalue weighted by molar-refractivity contribution is 0.280. The number of halogens is 2. The minimum Gasteiger partial charge on any atom is -0.493 e. The second-order valence-corrected chi connectivity index (χ2v) is 8.42. The van der Waals surface area contributed by atoms with Crippen LogP contribution in [0, 0.1) is 29.4 Å². The van der Waals surface area contributed by atoms with Crippen LogP contribution in [0.15, 0.2) is 30.6 Å². The molecule has 3 fully saturated rings. The van der Waals surface area contributed by atoms with Crippen LogP contribution >= 0.6 is 0 Å². The topological polar surface area (TPSA) is 56.1 Å². The molecule has 0 spiro atoms. The number of hydrogen-bond donors (Lipinski definition) is 0. The quantitative estimate of drug-likeness (QED) is 0.659. The molecule has 29 heavy (non-hydrogen) atoms. The summed E-state index contributed by atoms with van der Waals surface area (Å²) in [4.78, 5) is 11.7. The summed E-state index contributed by atoms with van der Waals surface area (Å²) in [6.07, 6.45) is 7.21. The first-order valence-corrected chi connectivity index (χ1v) is 10.2. The van der Waals surface area contributed by atoms with Crippen molar-refractivity contribution >= 4 is 17.0 Å². The van der Waals surface area contributed by atoms with E-state index in [2.05, 4.69) is 15.0 Å². The van der Waals surface area contributed by atoms with E-state index in [-0.39, 0.29) is 5.75 Å². The van der Waals surface area contributed by atoms with E-state index in [9.17, 15) is 8.78 Å². The summed E-state index contributed by atoms with van der Waals surface area (Å²) in [5.74, 6) is 1.41. The maximum Gasteiger partial charge on any atom is 0.179 e. The third kappa shape index (κ3) is 2.92. The number of hydrogen-bond acceptors (Lipinski definition) is 5. The van der Waals surface area contributed by atoms with Crippen molar-refractivity contribution < 1.29 is 13.5 Å². The van der Waals surface area contributed by atoms with Gasteiger partial charge in [-0.15, -0.1) is 0 Å². The lowest BCUT2D eigenvalue weighted by Gasteiger charge is -2.26. The van der Waals surface area contributed by atoms with Crippen LogP contribution in [-0.2, 0) is 0 Å². The Morgan fingerprint density at radius 3 is 2.48 bits per heavy atom. The van der Waals surface area contributed by atoms with Gasteiger partial charge >= 0.3 is 0 Å². The van der Waals surface area contributed by atoms with E-state index >= 15 is 0 Å². The van der Waals surface area contributed by atoms with Crippen molar-refractivity contribution in [1.82, 2.24) is 19.7 Å². The lowest BCUT2D eigenvalue weighted by atomic mass is 9.93. The van der Waals surface area contributed by atoms with E-state index in [4.69, 9.17) is 9.72 Å². The van der Waals surface area contributed by atoms with E-state index < -0.39 is 11.6 Å². The van der Waals surface area contributed by atoms with Crippen molar-refractivity contribution in [2.24, 2.45) is 17.8 Å². The van der Waals surface area contributed by atoms with Crippen molar-refractivity contribution in [2.45, 2.75) is 25.3 Å². The highest BCUT2D eigenvalue weighted by Crippen LogP contribution is 2.52. The SMILES string of the molecule is Fc1cc(F)cc(OCC2C3CN(c4cnc5cnn(C6CCC6)c5n4)CC23)c1. The van der Waals surface area contributed by atoms with Gasteiger partial charge in [0.05, 0.1) is 25.0 Å². The number of ether oxygens (including phenoxy) is 1. The van der Waals surface area contributed by atoms with E-state index in [0.29, 0.717) is 30.4 Å². The summed E-state index contributed by atoms with van der Waals surface area (Å²) in [7, 11) is 0. The molecule has 2 aliphatic carbocycles. The molecule has 2 atom stereocenters. The van der Waals surface area contributed by atoms with Gasteiger partial charge in [-0.05, 0) is 31.1 Å². The molecule has 0 amide bonds. The number of rotatable bonds is 5. The second kappa shape index (κ2) is 6.37. The zero-order valence-electron chi connectivity index (χ0n) is 15.8. The third-order valence-electron chi connectivity index (χ3n) is 6.68. The standard InChI is InChI=1S/C21H21F2N5O/c22-12-4-13(23)6-15(5-12)29-11-18-16-9-27(10-17(16)18)20-8-24-19-7-25-28(21(19)26-20)14-2-1-3-14/h4-8,14,16-18H,1-3,9-11H2. The molecule has 8 heteroatoms. The van der Waals surface area contributed by atoms with E-state index in [1.54, 1.807) is 6.20 Å². The van der Waals surface area contributed by atoms with Gasteiger partial charge in [-0.3, -0.25) is 0 Å². The van der Waals surface area contributed by atoms with Gasteiger partial charge in [-0.1, -0.05) is 0 Å². The second-order valence-electron chi connectivity index (χ2n) is 8.42. The van der Waals surface area contributed by atoms with Crippen LogP contribution in [0.3, 0.4) is 0 Å². The minimum atomic E-state index is -0.614. The van der Waals surface area contributed by atoms with Gasteiger partial charge in [0.15, 0.2) is 5.65 Å². The van der Waals surface area contributed by atoms with Gasteiger partial charge in [0.2, 0.25) is 0 Å². The number of nitrogens with zero attached hydrogens (tertiary/aromatic N) is 5. The first-order chi connectivity index (χ1) is 14.2. The molecular weight excluding hydrogens is 376 g/mol. The molecule has 3 heterocycles. The predicted molar refractivity (Wildman–Crippen MR) is 103 cm³/mol. The maximum atomic E-state index is 13.3. The van der Waals surface area contributed by atoms with Crippen LogP contribution in [0.1, 0.15) is 25.3 Å². The lowest BCUT2D eigenvalue weighted by Crippen LogP contribution is -2.26. The van der Waals surface area contributed by atoms with Crippen LogP contribution in [0.25, 0.3) is 11.2 Å². The monoisotopic (exact) mass is 397 g/mol. The molecule has 3 aromatic rings. The van der Waals surface area contributed by atoms with Crippen molar-refractivity contribution in [2.75, 3.05) is 24.6 Å². The molecule has 1 saturated heterocycles. The van der Waals surface area contributed by atoms with Gasteiger partial charge in [-0.25, -0.2) is 23.4 Å². The highest BCUT2D eigenvalue weighted by atomic mass is 19.1. The van der Waals surface area contributed by atoms with Crippen molar-refractivity contribution in [1.29, 1.82) is 0 Å². The Kier molecular flexibility index (Phi) is 3.76. The number of anilines is 1. The molecule has 6 nitrogen and oxygen atoms in total. The molecule has 2 unspecified atom stereocenters. The summed E-state index contributed by atoms with van der Waals surface area (Å²) in [6.45, 7) is 2.31. The first-order valence-electron chi connectivity index (χ1n) is 10.2. The van der Waals surface area contributed by atoms with Crippen LogP contribution in [0.5, 0.6) is 5.75 Å².